The Morgan fingerprint density at radius 2 is 1.69 bits per heavy atom. The Labute approximate surface area is 208 Å². The Kier molecular flexibility index (Phi) is 10.1. The SMILES string of the molecule is COCCN(Cc1c(C)nn(-c2ccccc2)c1Oc1ccccc1OC)CC(O)COC(C)C. The van der Waals surface area contributed by atoms with Crippen LogP contribution in [0.5, 0.6) is 17.4 Å². The molecule has 1 heterocycles. The molecule has 0 bridgehead atoms. The third-order valence-electron chi connectivity index (χ3n) is 5.50. The van der Waals surface area contributed by atoms with Crippen molar-refractivity contribution in [3.05, 3.63) is 65.9 Å². The molecule has 0 amide bonds. The van der Waals surface area contributed by atoms with Gasteiger partial charge in [-0.2, -0.15) is 5.10 Å². The minimum atomic E-state index is -0.627. The Morgan fingerprint density at radius 1 is 1.00 bits per heavy atom. The van der Waals surface area contributed by atoms with Crippen LogP contribution in [-0.4, -0.2) is 72.5 Å². The Bertz CT molecular complexity index is 1040. The highest BCUT2D eigenvalue weighted by molar-refractivity contribution is 5.47. The predicted octanol–water partition coefficient (Wildman–Crippen LogP) is 4.22. The molecule has 0 saturated heterocycles. The topological polar surface area (TPSA) is 78.2 Å². The quantitative estimate of drug-likeness (QED) is 0.368. The molecule has 0 aliphatic carbocycles. The summed E-state index contributed by atoms with van der Waals surface area (Å²) < 4.78 is 24.7. The first-order valence-electron chi connectivity index (χ1n) is 11.9. The number of para-hydroxylation sites is 3. The van der Waals surface area contributed by atoms with Crippen LogP contribution in [0.2, 0.25) is 0 Å². The van der Waals surface area contributed by atoms with Gasteiger partial charge in [0.1, 0.15) is 0 Å². The molecule has 1 aromatic heterocycles. The van der Waals surface area contributed by atoms with E-state index in [9.17, 15) is 5.11 Å². The molecule has 0 radical (unpaired) electrons. The molecule has 0 aliphatic rings. The Balaban J connectivity index is 1.96. The second-order valence-corrected chi connectivity index (χ2v) is 8.63. The van der Waals surface area contributed by atoms with Gasteiger partial charge in [-0.1, -0.05) is 30.3 Å². The van der Waals surface area contributed by atoms with Crippen molar-refractivity contribution in [1.82, 2.24) is 14.7 Å². The molecule has 2 aromatic carbocycles. The molecular weight excluding hydrogens is 446 g/mol. The maximum atomic E-state index is 10.6. The number of aryl methyl sites for hydroxylation is 1. The summed E-state index contributed by atoms with van der Waals surface area (Å²) in [5, 5.41) is 15.4. The zero-order valence-electron chi connectivity index (χ0n) is 21.3. The standard InChI is InChI=1S/C27H37N3O5/c1-20(2)34-19-23(31)17-29(15-16-32-4)18-24-21(3)28-30(22-11-7-6-8-12-22)27(24)35-26-14-10-9-13-25(26)33-5/h6-14,20,23,31H,15-19H2,1-5H3. The average Bonchev–Trinajstić information content (AvgIpc) is 3.16. The number of methoxy groups -OCH3 is 2. The van der Waals surface area contributed by atoms with Crippen molar-refractivity contribution in [3.63, 3.8) is 0 Å². The molecule has 3 aromatic rings. The van der Waals surface area contributed by atoms with Crippen molar-refractivity contribution >= 4 is 0 Å². The molecule has 1 atom stereocenters. The number of hydrogen-bond donors (Lipinski definition) is 1. The maximum absolute atomic E-state index is 10.6. The summed E-state index contributed by atoms with van der Waals surface area (Å²) in [6.45, 7) is 8.28. The van der Waals surface area contributed by atoms with Crippen LogP contribution in [0.1, 0.15) is 25.1 Å². The van der Waals surface area contributed by atoms with E-state index >= 15 is 0 Å². The molecule has 35 heavy (non-hydrogen) atoms. The van der Waals surface area contributed by atoms with Crippen molar-refractivity contribution < 1.29 is 24.1 Å². The average molecular weight is 484 g/mol. The monoisotopic (exact) mass is 483 g/mol. The van der Waals surface area contributed by atoms with Crippen LogP contribution in [0, 0.1) is 6.92 Å². The van der Waals surface area contributed by atoms with Gasteiger partial charge >= 0.3 is 0 Å². The van der Waals surface area contributed by atoms with Gasteiger partial charge < -0.3 is 24.1 Å². The van der Waals surface area contributed by atoms with Crippen molar-refractivity contribution in [3.8, 4) is 23.1 Å². The van der Waals surface area contributed by atoms with E-state index in [1.807, 2.05) is 80.1 Å². The number of ether oxygens (including phenoxy) is 4. The summed E-state index contributed by atoms with van der Waals surface area (Å²) in [5.41, 5.74) is 2.66. The summed E-state index contributed by atoms with van der Waals surface area (Å²) in [5.74, 6) is 1.84. The van der Waals surface area contributed by atoms with Crippen molar-refractivity contribution in [2.45, 2.75) is 39.5 Å². The molecule has 3 rings (SSSR count). The van der Waals surface area contributed by atoms with Crippen LogP contribution < -0.4 is 9.47 Å². The molecule has 0 fully saturated rings. The number of rotatable bonds is 14. The normalized spacial score (nSPS) is 12.3. The molecule has 0 aliphatic heterocycles. The number of aliphatic hydroxyl groups is 1. The lowest BCUT2D eigenvalue weighted by Gasteiger charge is -2.25. The van der Waals surface area contributed by atoms with Crippen LogP contribution in [0.4, 0.5) is 0 Å². The lowest BCUT2D eigenvalue weighted by atomic mass is 10.2. The smallest absolute Gasteiger partial charge is 0.227 e. The fourth-order valence-corrected chi connectivity index (χ4v) is 3.71. The van der Waals surface area contributed by atoms with Gasteiger partial charge in [0.2, 0.25) is 5.88 Å². The van der Waals surface area contributed by atoms with Gasteiger partial charge in [0.25, 0.3) is 0 Å². The van der Waals surface area contributed by atoms with Crippen molar-refractivity contribution in [2.24, 2.45) is 0 Å². The first kappa shape index (κ1) is 26.7. The molecule has 0 spiro atoms. The number of aromatic nitrogens is 2. The number of hydrogen-bond acceptors (Lipinski definition) is 7. The van der Waals surface area contributed by atoms with E-state index in [2.05, 4.69) is 4.90 Å². The van der Waals surface area contributed by atoms with Gasteiger partial charge in [-0.25, -0.2) is 4.68 Å². The number of aliphatic hydroxyl groups excluding tert-OH is 1. The van der Waals surface area contributed by atoms with Crippen LogP contribution in [0.15, 0.2) is 54.6 Å². The molecule has 0 saturated carbocycles. The first-order valence-corrected chi connectivity index (χ1v) is 11.9. The third-order valence-corrected chi connectivity index (χ3v) is 5.50. The van der Waals surface area contributed by atoms with Crippen LogP contribution in [0.25, 0.3) is 5.69 Å². The highest BCUT2D eigenvalue weighted by Crippen LogP contribution is 2.36. The maximum Gasteiger partial charge on any atom is 0.227 e. The molecule has 190 valence electrons. The highest BCUT2D eigenvalue weighted by Gasteiger charge is 2.23. The Morgan fingerprint density at radius 3 is 2.34 bits per heavy atom. The van der Waals surface area contributed by atoms with E-state index in [-0.39, 0.29) is 12.7 Å². The zero-order valence-corrected chi connectivity index (χ0v) is 21.3. The fraction of sp³-hybridized carbons (Fsp3) is 0.444. The second kappa shape index (κ2) is 13.3. The number of nitrogens with zero attached hydrogens (tertiary/aromatic N) is 3. The van der Waals surface area contributed by atoms with E-state index < -0.39 is 6.10 Å². The van der Waals surface area contributed by atoms with Gasteiger partial charge in [-0.15, -0.1) is 0 Å². The first-order chi connectivity index (χ1) is 16.9. The van der Waals surface area contributed by atoms with Crippen LogP contribution >= 0.6 is 0 Å². The molecule has 8 heteroatoms. The zero-order chi connectivity index (χ0) is 25.2. The van der Waals surface area contributed by atoms with E-state index in [0.29, 0.717) is 43.6 Å². The third kappa shape index (κ3) is 7.53. The van der Waals surface area contributed by atoms with Gasteiger partial charge in [0.15, 0.2) is 11.5 Å². The Hall–Kier alpha value is -2.91. The van der Waals surface area contributed by atoms with Crippen molar-refractivity contribution in [1.29, 1.82) is 0 Å². The van der Waals surface area contributed by atoms with Crippen molar-refractivity contribution in [2.75, 3.05) is 40.5 Å². The predicted molar refractivity (Wildman–Crippen MR) is 136 cm³/mol. The summed E-state index contributed by atoms with van der Waals surface area (Å²) in [7, 11) is 3.29. The van der Waals surface area contributed by atoms with E-state index in [1.165, 1.54) is 0 Å². The fourth-order valence-electron chi connectivity index (χ4n) is 3.71. The molecule has 1 N–H and O–H groups in total. The largest absolute Gasteiger partial charge is 0.493 e. The lowest BCUT2D eigenvalue weighted by Crippen LogP contribution is -2.37. The summed E-state index contributed by atoms with van der Waals surface area (Å²) in [6, 6.07) is 17.4. The van der Waals surface area contributed by atoms with E-state index in [0.717, 1.165) is 16.9 Å². The van der Waals surface area contributed by atoms with Crippen LogP contribution in [-0.2, 0) is 16.0 Å². The molecular formula is C27H37N3O5. The van der Waals surface area contributed by atoms with Crippen LogP contribution in [0.3, 0.4) is 0 Å². The van der Waals surface area contributed by atoms with E-state index in [1.54, 1.807) is 14.2 Å². The number of benzene rings is 2. The summed E-state index contributed by atoms with van der Waals surface area (Å²) in [4.78, 5) is 2.13. The highest BCUT2D eigenvalue weighted by atomic mass is 16.5. The van der Waals surface area contributed by atoms with Gasteiger partial charge in [0.05, 0.1) is 49.5 Å². The van der Waals surface area contributed by atoms with Gasteiger partial charge in [0, 0.05) is 26.7 Å². The second-order valence-electron chi connectivity index (χ2n) is 8.63. The van der Waals surface area contributed by atoms with Gasteiger partial charge in [-0.05, 0) is 45.0 Å². The molecule has 1 unspecified atom stereocenters. The van der Waals surface area contributed by atoms with Gasteiger partial charge in [-0.3, -0.25) is 4.90 Å². The lowest BCUT2D eigenvalue weighted by molar-refractivity contribution is -0.0122. The minimum absolute atomic E-state index is 0.0595. The summed E-state index contributed by atoms with van der Waals surface area (Å²) in [6.07, 6.45) is -0.568. The minimum Gasteiger partial charge on any atom is -0.493 e. The molecule has 8 nitrogen and oxygen atoms in total. The summed E-state index contributed by atoms with van der Waals surface area (Å²) >= 11 is 0. The van der Waals surface area contributed by atoms with E-state index in [4.69, 9.17) is 24.0 Å².